The van der Waals surface area contributed by atoms with Crippen molar-refractivity contribution in [3.05, 3.63) is 17.4 Å². The molecule has 5 fully saturated rings. The van der Waals surface area contributed by atoms with E-state index in [1.807, 2.05) is 0 Å². The minimum Gasteiger partial charge on any atom is -0.458 e. The van der Waals surface area contributed by atoms with E-state index in [2.05, 4.69) is 14.9 Å². The lowest BCUT2D eigenvalue weighted by atomic mass is 9.49. The van der Waals surface area contributed by atoms with Crippen LogP contribution in [-0.2, 0) is 4.79 Å². The molecule has 1 amide bonds. The van der Waals surface area contributed by atoms with Crippen molar-refractivity contribution in [2.75, 3.05) is 13.1 Å². The molecule has 26 heavy (non-hydrogen) atoms. The molecule has 6 rings (SSSR count). The Hall–Kier alpha value is -1.36. The van der Waals surface area contributed by atoms with Crippen LogP contribution in [0.1, 0.15) is 51.4 Å². The van der Waals surface area contributed by atoms with Crippen LogP contribution in [0.2, 0.25) is 5.02 Å². The Labute approximate surface area is 159 Å². The Morgan fingerprint density at radius 2 is 1.73 bits per heavy atom. The van der Waals surface area contributed by atoms with E-state index in [1.54, 1.807) is 12.4 Å². The molecule has 5 nitrogen and oxygen atoms in total. The molecule has 1 aromatic heterocycles. The number of carbonyl (C=O) groups excluding carboxylic acids is 1. The maximum atomic E-state index is 13.5. The van der Waals surface area contributed by atoms with Crippen molar-refractivity contribution in [1.82, 2.24) is 14.9 Å². The molecule has 1 saturated heterocycles. The number of likely N-dealkylation sites (tertiary alicyclic amines) is 1. The first-order valence-electron chi connectivity index (χ1n) is 10.0. The number of aromatic nitrogens is 2. The highest BCUT2D eigenvalue weighted by Gasteiger charge is 2.55. The third kappa shape index (κ3) is 2.98. The lowest BCUT2D eigenvalue weighted by Gasteiger charge is -2.57. The van der Waals surface area contributed by atoms with Crippen molar-refractivity contribution in [1.29, 1.82) is 0 Å². The third-order valence-electron chi connectivity index (χ3n) is 7.03. The standard InChI is InChI=1S/C20H26ClN3O2/c21-16-10-22-19(23-11-16)26-17-2-1-3-24(12-17)18(25)20-7-13-4-14(8-20)6-15(5-13)9-20/h10-11,13-15,17H,1-9,12H2. The van der Waals surface area contributed by atoms with Crippen LogP contribution >= 0.6 is 11.6 Å². The largest absolute Gasteiger partial charge is 0.458 e. The van der Waals surface area contributed by atoms with Gasteiger partial charge in [-0.3, -0.25) is 4.79 Å². The zero-order valence-electron chi connectivity index (χ0n) is 15.1. The summed E-state index contributed by atoms with van der Waals surface area (Å²) in [4.78, 5) is 23.9. The van der Waals surface area contributed by atoms with Gasteiger partial charge in [-0.1, -0.05) is 11.6 Å². The molecule has 1 unspecified atom stereocenters. The van der Waals surface area contributed by atoms with Gasteiger partial charge in [-0.2, -0.15) is 0 Å². The average Bonchev–Trinajstić information content (AvgIpc) is 2.62. The van der Waals surface area contributed by atoms with Gasteiger partial charge in [-0.05, 0) is 69.1 Å². The van der Waals surface area contributed by atoms with Gasteiger partial charge in [-0.25, -0.2) is 9.97 Å². The molecule has 4 bridgehead atoms. The predicted octanol–water partition coefficient (Wildman–Crippen LogP) is 3.72. The van der Waals surface area contributed by atoms with Gasteiger partial charge in [0, 0.05) is 6.54 Å². The molecule has 5 aliphatic rings. The number of ether oxygens (including phenoxy) is 1. The van der Waals surface area contributed by atoms with E-state index < -0.39 is 0 Å². The van der Waals surface area contributed by atoms with E-state index in [-0.39, 0.29) is 11.5 Å². The van der Waals surface area contributed by atoms with Gasteiger partial charge in [0.05, 0.1) is 29.4 Å². The topological polar surface area (TPSA) is 55.3 Å². The fourth-order valence-corrected chi connectivity index (χ4v) is 6.53. The highest BCUT2D eigenvalue weighted by Crippen LogP contribution is 2.60. The summed E-state index contributed by atoms with van der Waals surface area (Å²) < 4.78 is 5.93. The van der Waals surface area contributed by atoms with Crippen molar-refractivity contribution in [3.63, 3.8) is 0 Å². The molecular formula is C20H26ClN3O2. The number of nitrogens with zero attached hydrogens (tertiary/aromatic N) is 3. The number of carbonyl (C=O) groups is 1. The third-order valence-corrected chi connectivity index (χ3v) is 7.22. The summed E-state index contributed by atoms with van der Waals surface area (Å²) in [5.74, 6) is 2.79. The molecule has 0 N–H and O–H groups in total. The lowest BCUT2D eigenvalue weighted by Crippen LogP contribution is -2.57. The van der Waals surface area contributed by atoms with Gasteiger partial charge in [0.2, 0.25) is 5.91 Å². The molecule has 1 atom stereocenters. The molecule has 1 aromatic rings. The van der Waals surface area contributed by atoms with Gasteiger partial charge in [0.1, 0.15) is 6.10 Å². The summed E-state index contributed by atoms with van der Waals surface area (Å²) in [6, 6.07) is 0.350. The Kier molecular flexibility index (Phi) is 4.11. The SMILES string of the molecule is O=C(N1CCCC(Oc2ncc(Cl)cn2)C1)C12CC3CC(CC(C3)C1)C2. The highest BCUT2D eigenvalue weighted by molar-refractivity contribution is 6.30. The Morgan fingerprint density at radius 3 is 2.35 bits per heavy atom. The van der Waals surface area contributed by atoms with E-state index in [4.69, 9.17) is 16.3 Å². The van der Waals surface area contributed by atoms with Gasteiger partial charge in [-0.15, -0.1) is 0 Å². The minimum atomic E-state index is -0.0621. The second kappa shape index (κ2) is 6.36. The van der Waals surface area contributed by atoms with Crippen LogP contribution in [0.25, 0.3) is 0 Å². The van der Waals surface area contributed by atoms with E-state index in [1.165, 1.54) is 19.3 Å². The maximum absolute atomic E-state index is 13.5. The number of amides is 1. The summed E-state index contributed by atoms with van der Waals surface area (Å²) in [7, 11) is 0. The van der Waals surface area contributed by atoms with Crippen molar-refractivity contribution in [2.24, 2.45) is 23.2 Å². The normalized spacial score (nSPS) is 38.4. The molecule has 1 aliphatic heterocycles. The van der Waals surface area contributed by atoms with Gasteiger partial charge in [0.25, 0.3) is 0 Å². The zero-order chi connectivity index (χ0) is 17.7. The summed E-state index contributed by atoms with van der Waals surface area (Å²) in [6.07, 6.45) is 12.5. The number of hydrogen-bond acceptors (Lipinski definition) is 4. The summed E-state index contributed by atoms with van der Waals surface area (Å²) >= 11 is 5.84. The van der Waals surface area contributed by atoms with Crippen LogP contribution in [0.15, 0.2) is 12.4 Å². The highest BCUT2D eigenvalue weighted by atomic mass is 35.5. The Balaban J connectivity index is 1.28. The van der Waals surface area contributed by atoms with Crippen LogP contribution in [-0.4, -0.2) is 40.0 Å². The van der Waals surface area contributed by atoms with Crippen LogP contribution in [0.3, 0.4) is 0 Å². The van der Waals surface area contributed by atoms with Crippen LogP contribution < -0.4 is 4.74 Å². The molecule has 0 aromatic carbocycles. The van der Waals surface area contributed by atoms with Crippen LogP contribution in [0.5, 0.6) is 6.01 Å². The van der Waals surface area contributed by atoms with Crippen LogP contribution in [0, 0.1) is 23.2 Å². The first-order chi connectivity index (χ1) is 12.6. The lowest BCUT2D eigenvalue weighted by molar-refractivity contribution is -0.160. The van der Waals surface area contributed by atoms with E-state index >= 15 is 0 Å². The van der Waals surface area contributed by atoms with E-state index in [0.717, 1.165) is 56.4 Å². The van der Waals surface area contributed by atoms with Crippen molar-refractivity contribution < 1.29 is 9.53 Å². The molecule has 4 aliphatic carbocycles. The zero-order valence-corrected chi connectivity index (χ0v) is 15.8. The average molecular weight is 376 g/mol. The van der Waals surface area contributed by atoms with Crippen LogP contribution in [0.4, 0.5) is 0 Å². The summed E-state index contributed by atoms with van der Waals surface area (Å²) in [5.41, 5.74) is -0.0621. The van der Waals surface area contributed by atoms with Crippen molar-refractivity contribution >= 4 is 17.5 Å². The molecule has 0 spiro atoms. The monoisotopic (exact) mass is 375 g/mol. The first kappa shape index (κ1) is 16.8. The molecular weight excluding hydrogens is 350 g/mol. The molecule has 4 saturated carbocycles. The van der Waals surface area contributed by atoms with Gasteiger partial charge >= 0.3 is 6.01 Å². The molecule has 2 heterocycles. The van der Waals surface area contributed by atoms with Crippen molar-refractivity contribution in [3.8, 4) is 6.01 Å². The van der Waals surface area contributed by atoms with Gasteiger partial charge < -0.3 is 9.64 Å². The smallest absolute Gasteiger partial charge is 0.316 e. The number of halogens is 1. The molecule has 6 heteroatoms. The first-order valence-corrected chi connectivity index (χ1v) is 10.4. The Bertz CT molecular complexity index is 658. The van der Waals surface area contributed by atoms with E-state index in [0.29, 0.717) is 23.5 Å². The number of hydrogen-bond donors (Lipinski definition) is 0. The predicted molar refractivity (Wildman–Crippen MR) is 97.9 cm³/mol. The molecule has 140 valence electrons. The second-order valence-corrected chi connectivity index (χ2v) is 9.45. The van der Waals surface area contributed by atoms with Gasteiger partial charge in [0.15, 0.2) is 0 Å². The number of piperidine rings is 1. The minimum absolute atomic E-state index is 0.0252. The Morgan fingerprint density at radius 1 is 1.12 bits per heavy atom. The summed E-state index contributed by atoms with van der Waals surface area (Å²) in [5, 5.41) is 0.500. The fourth-order valence-electron chi connectivity index (χ4n) is 6.44. The second-order valence-electron chi connectivity index (χ2n) is 9.01. The van der Waals surface area contributed by atoms with E-state index in [9.17, 15) is 4.79 Å². The van der Waals surface area contributed by atoms with Crippen molar-refractivity contribution in [2.45, 2.75) is 57.5 Å². The summed E-state index contributed by atoms with van der Waals surface area (Å²) in [6.45, 7) is 1.52. The quantitative estimate of drug-likeness (QED) is 0.808. The molecule has 0 radical (unpaired) electrons. The maximum Gasteiger partial charge on any atom is 0.316 e. The number of rotatable bonds is 3. The fraction of sp³-hybridized carbons (Fsp3) is 0.750.